The van der Waals surface area contributed by atoms with E-state index < -0.39 is 0 Å². The smallest absolute Gasteiger partial charge is 0.121 e. The van der Waals surface area contributed by atoms with Gasteiger partial charge in [0, 0.05) is 25.4 Å². The fraction of sp³-hybridized carbons (Fsp3) is 0.235. The second-order valence-corrected chi connectivity index (χ2v) is 4.53. The van der Waals surface area contributed by atoms with Gasteiger partial charge >= 0.3 is 0 Å². The van der Waals surface area contributed by atoms with E-state index >= 15 is 0 Å². The third-order valence-electron chi connectivity index (χ3n) is 2.94. The van der Waals surface area contributed by atoms with Crippen molar-refractivity contribution in [3.63, 3.8) is 0 Å². The molecule has 2 rings (SSSR count). The van der Waals surface area contributed by atoms with E-state index in [1.807, 2.05) is 42.5 Å². The van der Waals surface area contributed by atoms with Crippen molar-refractivity contribution in [1.82, 2.24) is 0 Å². The summed E-state index contributed by atoms with van der Waals surface area (Å²) >= 11 is 0. The second-order valence-electron chi connectivity index (χ2n) is 4.53. The Balaban J connectivity index is 1.93. The molecule has 0 aromatic heterocycles. The Morgan fingerprint density at radius 3 is 2.76 bits per heavy atom. The number of hydrogen-bond acceptors (Lipinski definition) is 4. The van der Waals surface area contributed by atoms with Gasteiger partial charge in [0.15, 0.2) is 0 Å². The number of nitriles is 1. The molecule has 2 aromatic carbocycles. The van der Waals surface area contributed by atoms with Crippen molar-refractivity contribution in [2.45, 2.75) is 6.54 Å². The van der Waals surface area contributed by atoms with Gasteiger partial charge in [0.05, 0.1) is 18.2 Å². The van der Waals surface area contributed by atoms with Gasteiger partial charge in [-0.1, -0.05) is 18.2 Å². The number of methoxy groups -OCH3 is 1. The molecule has 0 aliphatic rings. The highest BCUT2D eigenvalue weighted by atomic mass is 16.5. The van der Waals surface area contributed by atoms with E-state index in [0.717, 1.165) is 17.0 Å². The van der Waals surface area contributed by atoms with E-state index in [4.69, 9.17) is 14.7 Å². The van der Waals surface area contributed by atoms with Crippen LogP contribution in [0.5, 0.6) is 5.75 Å². The van der Waals surface area contributed by atoms with Crippen molar-refractivity contribution >= 4 is 5.69 Å². The van der Waals surface area contributed by atoms with Crippen LogP contribution in [0.4, 0.5) is 5.69 Å². The maximum absolute atomic E-state index is 8.89. The topological polar surface area (TPSA) is 54.3 Å². The molecule has 0 aliphatic heterocycles. The van der Waals surface area contributed by atoms with Gasteiger partial charge in [-0.15, -0.1) is 0 Å². The van der Waals surface area contributed by atoms with E-state index in [1.54, 1.807) is 13.2 Å². The highest BCUT2D eigenvalue weighted by Gasteiger charge is 1.99. The Labute approximate surface area is 124 Å². The largest absolute Gasteiger partial charge is 0.491 e. The van der Waals surface area contributed by atoms with Crippen molar-refractivity contribution in [1.29, 1.82) is 5.26 Å². The normalized spacial score (nSPS) is 9.90. The number of benzene rings is 2. The summed E-state index contributed by atoms with van der Waals surface area (Å²) in [6, 6.07) is 17.5. The van der Waals surface area contributed by atoms with Gasteiger partial charge in [-0.05, 0) is 29.8 Å². The highest BCUT2D eigenvalue weighted by molar-refractivity contribution is 5.48. The van der Waals surface area contributed by atoms with Gasteiger partial charge in [-0.25, -0.2) is 0 Å². The van der Waals surface area contributed by atoms with Crippen LogP contribution in [-0.4, -0.2) is 20.3 Å². The fourth-order valence-corrected chi connectivity index (χ4v) is 1.89. The van der Waals surface area contributed by atoms with Crippen LogP contribution >= 0.6 is 0 Å². The predicted octanol–water partition coefficient (Wildman–Crippen LogP) is 3.20. The first-order valence-corrected chi connectivity index (χ1v) is 6.76. The molecule has 0 atom stereocenters. The molecule has 21 heavy (non-hydrogen) atoms. The lowest BCUT2D eigenvalue weighted by Crippen LogP contribution is -2.05. The first-order chi connectivity index (χ1) is 10.3. The van der Waals surface area contributed by atoms with Gasteiger partial charge in [-0.3, -0.25) is 0 Å². The molecule has 0 bridgehead atoms. The van der Waals surface area contributed by atoms with E-state index in [0.29, 0.717) is 25.3 Å². The average Bonchev–Trinajstić information content (AvgIpc) is 2.54. The van der Waals surface area contributed by atoms with E-state index in [2.05, 4.69) is 11.4 Å². The lowest BCUT2D eigenvalue weighted by molar-refractivity contribution is 0.146. The molecule has 0 unspecified atom stereocenters. The van der Waals surface area contributed by atoms with E-state index in [-0.39, 0.29) is 0 Å². The molecule has 108 valence electrons. The van der Waals surface area contributed by atoms with Gasteiger partial charge in [0.1, 0.15) is 12.4 Å². The Kier molecular flexibility index (Phi) is 5.62. The summed E-state index contributed by atoms with van der Waals surface area (Å²) in [4.78, 5) is 0. The summed E-state index contributed by atoms with van der Waals surface area (Å²) in [7, 11) is 1.65. The van der Waals surface area contributed by atoms with Crippen molar-refractivity contribution in [3.8, 4) is 11.8 Å². The molecular formula is C17H18N2O2. The van der Waals surface area contributed by atoms with Gasteiger partial charge in [0.25, 0.3) is 0 Å². The number of ether oxygens (including phenoxy) is 2. The quantitative estimate of drug-likeness (QED) is 0.792. The van der Waals surface area contributed by atoms with E-state index in [1.165, 1.54) is 0 Å². The minimum atomic E-state index is 0.532. The third kappa shape index (κ3) is 4.83. The lowest BCUT2D eigenvalue weighted by Gasteiger charge is -2.10. The van der Waals surface area contributed by atoms with Crippen molar-refractivity contribution in [2.24, 2.45) is 0 Å². The number of nitrogens with zero attached hydrogens (tertiary/aromatic N) is 1. The molecule has 2 aromatic rings. The number of hydrogen-bond donors (Lipinski definition) is 1. The predicted molar refractivity (Wildman–Crippen MR) is 82.3 cm³/mol. The molecule has 4 heteroatoms. The molecule has 0 saturated heterocycles. The lowest BCUT2D eigenvalue weighted by atomic mass is 10.1. The third-order valence-corrected chi connectivity index (χ3v) is 2.94. The number of anilines is 1. The molecule has 0 aliphatic carbocycles. The minimum Gasteiger partial charge on any atom is -0.491 e. The Hall–Kier alpha value is -2.51. The maximum atomic E-state index is 8.89. The zero-order valence-corrected chi connectivity index (χ0v) is 12.0. The highest BCUT2D eigenvalue weighted by Crippen LogP contribution is 2.18. The van der Waals surface area contributed by atoms with Crippen LogP contribution in [0.1, 0.15) is 11.1 Å². The molecule has 0 amide bonds. The van der Waals surface area contributed by atoms with Gasteiger partial charge in [-0.2, -0.15) is 5.26 Å². The SMILES string of the molecule is COCCOc1cccc(NCc2cccc(C#N)c2)c1. The molecule has 0 heterocycles. The van der Waals surface area contributed by atoms with Crippen LogP contribution in [0.2, 0.25) is 0 Å². The Morgan fingerprint density at radius 1 is 1.10 bits per heavy atom. The first-order valence-electron chi connectivity index (χ1n) is 6.76. The Morgan fingerprint density at radius 2 is 1.95 bits per heavy atom. The summed E-state index contributed by atoms with van der Waals surface area (Å²) in [5, 5.41) is 12.2. The molecule has 0 saturated carbocycles. The van der Waals surface area contributed by atoms with Crippen LogP contribution in [0.15, 0.2) is 48.5 Å². The van der Waals surface area contributed by atoms with Crippen LogP contribution < -0.4 is 10.1 Å². The zero-order chi connectivity index (χ0) is 14.9. The average molecular weight is 282 g/mol. The van der Waals surface area contributed by atoms with Crippen LogP contribution in [0, 0.1) is 11.3 Å². The van der Waals surface area contributed by atoms with Gasteiger partial charge in [0.2, 0.25) is 0 Å². The van der Waals surface area contributed by atoms with Crippen LogP contribution in [0.25, 0.3) is 0 Å². The zero-order valence-electron chi connectivity index (χ0n) is 12.0. The summed E-state index contributed by atoms with van der Waals surface area (Å²) in [5.74, 6) is 0.808. The van der Waals surface area contributed by atoms with E-state index in [9.17, 15) is 0 Å². The number of rotatable bonds is 7. The molecular weight excluding hydrogens is 264 g/mol. The summed E-state index contributed by atoms with van der Waals surface area (Å²) in [5.41, 5.74) is 2.72. The Bertz CT molecular complexity index is 620. The summed E-state index contributed by atoms with van der Waals surface area (Å²) < 4.78 is 10.5. The second kappa shape index (κ2) is 7.93. The molecule has 4 nitrogen and oxygen atoms in total. The van der Waals surface area contributed by atoms with Gasteiger partial charge < -0.3 is 14.8 Å². The molecule has 1 N–H and O–H groups in total. The molecule has 0 fully saturated rings. The summed E-state index contributed by atoms with van der Waals surface area (Å²) in [6.45, 7) is 1.76. The maximum Gasteiger partial charge on any atom is 0.121 e. The van der Waals surface area contributed by atoms with Crippen molar-refractivity contribution in [2.75, 3.05) is 25.6 Å². The molecule has 0 radical (unpaired) electrons. The first kappa shape index (κ1) is 14.9. The van der Waals surface area contributed by atoms with Crippen molar-refractivity contribution < 1.29 is 9.47 Å². The van der Waals surface area contributed by atoms with Crippen LogP contribution in [0.3, 0.4) is 0 Å². The van der Waals surface area contributed by atoms with Crippen molar-refractivity contribution in [3.05, 3.63) is 59.7 Å². The van der Waals surface area contributed by atoms with Crippen LogP contribution in [-0.2, 0) is 11.3 Å². The fourth-order valence-electron chi connectivity index (χ4n) is 1.89. The standard InChI is InChI=1S/C17H18N2O2/c1-20-8-9-21-17-7-3-6-16(11-17)19-13-15-5-2-4-14(10-15)12-18/h2-7,10-11,19H,8-9,13H2,1H3. The molecule has 0 spiro atoms. The number of nitrogens with one attached hydrogen (secondary N) is 1. The minimum absolute atomic E-state index is 0.532. The summed E-state index contributed by atoms with van der Waals surface area (Å²) in [6.07, 6.45) is 0. The monoisotopic (exact) mass is 282 g/mol.